The molecule has 1 aliphatic rings. The van der Waals surface area contributed by atoms with Gasteiger partial charge in [0, 0.05) is 11.9 Å². The molecule has 1 saturated heterocycles. The molecule has 2 heterocycles. The molecule has 96 valence electrons. The lowest BCUT2D eigenvalue weighted by Crippen LogP contribution is -2.53. The number of nitrogens with one attached hydrogen (secondary N) is 1. The Morgan fingerprint density at radius 1 is 1.32 bits per heavy atom. The van der Waals surface area contributed by atoms with Crippen LogP contribution in [0.4, 0.5) is 10.5 Å². The van der Waals surface area contributed by atoms with Gasteiger partial charge >= 0.3 is 6.03 Å². The summed E-state index contributed by atoms with van der Waals surface area (Å²) >= 11 is 0. The van der Waals surface area contributed by atoms with Crippen LogP contribution in [0.1, 0.15) is 6.92 Å². The van der Waals surface area contributed by atoms with Crippen LogP contribution in [-0.2, 0) is 4.79 Å². The molecular weight excluding hydrogens is 242 g/mol. The second-order valence-corrected chi connectivity index (χ2v) is 4.69. The van der Waals surface area contributed by atoms with Crippen molar-refractivity contribution in [2.75, 3.05) is 11.4 Å². The first-order valence-electron chi connectivity index (χ1n) is 6.12. The molecule has 1 aromatic carbocycles. The van der Waals surface area contributed by atoms with Crippen LogP contribution in [0.5, 0.6) is 0 Å². The average Bonchev–Trinajstić information content (AvgIpc) is 2.42. The fourth-order valence-electron chi connectivity index (χ4n) is 2.17. The summed E-state index contributed by atoms with van der Waals surface area (Å²) in [6.07, 6.45) is 1.66. The Morgan fingerprint density at radius 2 is 2.11 bits per heavy atom. The molecule has 3 amide bonds. The molecule has 19 heavy (non-hydrogen) atoms. The van der Waals surface area contributed by atoms with Gasteiger partial charge in [-0.3, -0.25) is 20.0 Å². The molecule has 0 radical (unpaired) electrons. The maximum atomic E-state index is 11.9. The third-order valence-electron chi connectivity index (χ3n) is 3.27. The van der Waals surface area contributed by atoms with Gasteiger partial charge in [-0.2, -0.15) is 0 Å². The SMILES string of the molecule is CC1CN(c2cnc3ccccc3c2)C(=O)NC1=O. The minimum absolute atomic E-state index is 0.218. The molecule has 0 aliphatic carbocycles. The number of carbonyl (C=O) groups excluding carboxylic acids is 2. The number of benzene rings is 1. The molecule has 5 heteroatoms. The number of urea groups is 1. The molecule has 1 unspecified atom stereocenters. The zero-order chi connectivity index (χ0) is 13.4. The van der Waals surface area contributed by atoms with Crippen LogP contribution in [0, 0.1) is 5.92 Å². The topological polar surface area (TPSA) is 62.3 Å². The van der Waals surface area contributed by atoms with E-state index in [1.165, 1.54) is 0 Å². The number of imide groups is 1. The van der Waals surface area contributed by atoms with Crippen molar-refractivity contribution in [2.24, 2.45) is 5.92 Å². The maximum Gasteiger partial charge on any atom is 0.328 e. The molecule has 0 bridgehead atoms. The predicted molar refractivity (Wildman–Crippen MR) is 71.8 cm³/mol. The van der Waals surface area contributed by atoms with Crippen LogP contribution in [0.15, 0.2) is 36.5 Å². The number of fused-ring (bicyclic) bond motifs is 1. The van der Waals surface area contributed by atoms with Gasteiger partial charge < -0.3 is 0 Å². The van der Waals surface area contributed by atoms with Gasteiger partial charge in [0.15, 0.2) is 0 Å². The lowest BCUT2D eigenvalue weighted by Gasteiger charge is -2.30. The quantitative estimate of drug-likeness (QED) is 0.846. The Balaban J connectivity index is 1.99. The van der Waals surface area contributed by atoms with Crippen molar-refractivity contribution in [3.05, 3.63) is 36.5 Å². The van der Waals surface area contributed by atoms with Crippen LogP contribution in [0.3, 0.4) is 0 Å². The van der Waals surface area contributed by atoms with Crippen molar-refractivity contribution >= 4 is 28.5 Å². The maximum absolute atomic E-state index is 11.9. The minimum atomic E-state index is -0.389. The van der Waals surface area contributed by atoms with Gasteiger partial charge in [0.2, 0.25) is 5.91 Å². The number of amides is 3. The van der Waals surface area contributed by atoms with Crippen molar-refractivity contribution in [1.82, 2.24) is 10.3 Å². The lowest BCUT2D eigenvalue weighted by molar-refractivity contribution is -0.123. The van der Waals surface area contributed by atoms with Gasteiger partial charge in [-0.15, -0.1) is 0 Å². The Hall–Kier alpha value is -2.43. The minimum Gasteiger partial charge on any atom is -0.292 e. The second-order valence-electron chi connectivity index (χ2n) is 4.69. The summed E-state index contributed by atoms with van der Waals surface area (Å²) in [5.74, 6) is -0.445. The highest BCUT2D eigenvalue weighted by molar-refractivity contribution is 6.06. The monoisotopic (exact) mass is 255 g/mol. The Kier molecular flexibility index (Phi) is 2.67. The summed E-state index contributed by atoms with van der Waals surface area (Å²) in [6, 6.07) is 9.23. The largest absolute Gasteiger partial charge is 0.328 e. The van der Waals surface area contributed by atoms with Gasteiger partial charge in [0.25, 0.3) is 0 Å². The Labute approximate surface area is 110 Å². The molecule has 1 aliphatic heterocycles. The predicted octanol–water partition coefficient (Wildman–Crippen LogP) is 1.93. The molecule has 0 spiro atoms. The second kappa shape index (κ2) is 4.35. The molecule has 1 N–H and O–H groups in total. The first kappa shape index (κ1) is 11.6. The molecule has 2 aromatic rings. The summed E-state index contributed by atoms with van der Waals surface area (Å²) in [6.45, 7) is 2.17. The number of para-hydroxylation sites is 1. The fourth-order valence-corrected chi connectivity index (χ4v) is 2.17. The number of pyridine rings is 1. The van der Waals surface area contributed by atoms with Crippen molar-refractivity contribution in [3.63, 3.8) is 0 Å². The van der Waals surface area contributed by atoms with Crippen molar-refractivity contribution in [1.29, 1.82) is 0 Å². The number of rotatable bonds is 1. The van der Waals surface area contributed by atoms with Crippen molar-refractivity contribution in [2.45, 2.75) is 6.92 Å². The van der Waals surface area contributed by atoms with E-state index in [4.69, 9.17) is 0 Å². The Morgan fingerprint density at radius 3 is 2.95 bits per heavy atom. The van der Waals surface area contributed by atoms with Crippen LogP contribution < -0.4 is 10.2 Å². The number of anilines is 1. The number of nitrogens with zero attached hydrogens (tertiary/aromatic N) is 2. The molecule has 5 nitrogen and oxygen atoms in total. The summed E-state index contributed by atoms with van der Waals surface area (Å²) in [7, 11) is 0. The number of hydrogen-bond donors (Lipinski definition) is 1. The summed E-state index contributed by atoms with van der Waals surface area (Å²) in [5.41, 5.74) is 1.59. The Bertz CT molecular complexity index is 669. The zero-order valence-corrected chi connectivity index (χ0v) is 10.5. The molecular formula is C14H13N3O2. The summed E-state index contributed by atoms with van der Waals surface area (Å²) in [4.78, 5) is 29.1. The van der Waals surface area contributed by atoms with Crippen LogP contribution >= 0.6 is 0 Å². The van der Waals surface area contributed by atoms with Gasteiger partial charge in [0.05, 0.1) is 23.3 Å². The third kappa shape index (κ3) is 2.03. The van der Waals surface area contributed by atoms with Gasteiger partial charge in [0.1, 0.15) is 0 Å². The fraction of sp³-hybridized carbons (Fsp3) is 0.214. The van der Waals surface area contributed by atoms with E-state index in [0.717, 1.165) is 10.9 Å². The molecule has 3 rings (SSSR count). The zero-order valence-electron chi connectivity index (χ0n) is 10.5. The van der Waals surface area contributed by atoms with Crippen LogP contribution in [0.2, 0.25) is 0 Å². The van der Waals surface area contributed by atoms with Gasteiger partial charge in [-0.1, -0.05) is 25.1 Å². The van der Waals surface area contributed by atoms with E-state index in [1.54, 1.807) is 18.0 Å². The van der Waals surface area contributed by atoms with E-state index in [2.05, 4.69) is 10.3 Å². The van der Waals surface area contributed by atoms with E-state index in [1.807, 2.05) is 30.3 Å². The number of aromatic nitrogens is 1. The highest BCUT2D eigenvalue weighted by atomic mass is 16.2. The van der Waals surface area contributed by atoms with Crippen molar-refractivity contribution in [3.8, 4) is 0 Å². The average molecular weight is 255 g/mol. The number of hydrogen-bond acceptors (Lipinski definition) is 3. The van der Waals surface area contributed by atoms with Gasteiger partial charge in [-0.25, -0.2) is 4.79 Å². The van der Waals surface area contributed by atoms with E-state index in [9.17, 15) is 9.59 Å². The smallest absolute Gasteiger partial charge is 0.292 e. The highest BCUT2D eigenvalue weighted by Crippen LogP contribution is 2.22. The third-order valence-corrected chi connectivity index (χ3v) is 3.27. The molecule has 1 atom stereocenters. The highest BCUT2D eigenvalue weighted by Gasteiger charge is 2.30. The summed E-state index contributed by atoms with van der Waals surface area (Å²) in [5, 5.41) is 3.32. The van der Waals surface area contributed by atoms with Crippen LogP contribution in [0.25, 0.3) is 10.9 Å². The van der Waals surface area contributed by atoms with E-state index < -0.39 is 0 Å². The van der Waals surface area contributed by atoms with Gasteiger partial charge in [-0.05, 0) is 12.1 Å². The van der Waals surface area contributed by atoms with E-state index in [0.29, 0.717) is 12.2 Å². The van der Waals surface area contributed by atoms with Crippen molar-refractivity contribution < 1.29 is 9.59 Å². The molecule has 0 saturated carbocycles. The lowest BCUT2D eigenvalue weighted by atomic mass is 10.1. The van der Waals surface area contributed by atoms with Crippen LogP contribution in [-0.4, -0.2) is 23.5 Å². The van der Waals surface area contributed by atoms with E-state index >= 15 is 0 Å². The first-order chi connectivity index (χ1) is 9.15. The number of carbonyl (C=O) groups is 2. The molecule has 1 aromatic heterocycles. The first-order valence-corrected chi connectivity index (χ1v) is 6.12. The standard InChI is InChI=1S/C14H13N3O2/c1-9-8-17(14(19)16-13(9)18)11-6-10-4-2-3-5-12(10)15-7-11/h2-7,9H,8H2,1H3,(H,16,18,19). The normalized spacial score (nSPS) is 19.6. The van der Waals surface area contributed by atoms with E-state index in [-0.39, 0.29) is 17.9 Å². The summed E-state index contributed by atoms with van der Waals surface area (Å²) < 4.78 is 0. The molecule has 1 fully saturated rings.